The number of rotatable bonds is 2. The minimum Gasteiger partial charge on any atom is -0.264 e. The largest absolute Gasteiger partial charge is 0.264 e. The van der Waals surface area contributed by atoms with Crippen LogP contribution in [0.15, 0.2) is 60.9 Å². The summed E-state index contributed by atoms with van der Waals surface area (Å²) in [4.78, 5) is 4.08. The van der Waals surface area contributed by atoms with Gasteiger partial charge in [0.2, 0.25) is 0 Å². The normalized spacial score (nSPS) is 10.4. The average molecular weight is 247 g/mol. The van der Waals surface area contributed by atoms with Crippen molar-refractivity contribution in [1.82, 2.24) is 15.2 Å². The molecule has 92 valence electrons. The van der Waals surface area contributed by atoms with Crippen LogP contribution in [0.3, 0.4) is 0 Å². The molecular weight excluding hydrogens is 234 g/mol. The quantitative estimate of drug-likeness (QED) is 0.695. The van der Waals surface area contributed by atoms with Crippen LogP contribution in [0.2, 0.25) is 0 Å². The summed E-state index contributed by atoms with van der Waals surface area (Å²) in [6.07, 6.45) is 3.53. The maximum atomic E-state index is 4.28. The molecule has 19 heavy (non-hydrogen) atoms. The van der Waals surface area contributed by atoms with E-state index in [1.54, 1.807) is 12.4 Å². The average Bonchev–Trinajstić information content (AvgIpc) is 2.49. The minimum absolute atomic E-state index is 0.837. The van der Waals surface area contributed by atoms with Gasteiger partial charge >= 0.3 is 0 Å². The van der Waals surface area contributed by atoms with Crippen LogP contribution in [-0.4, -0.2) is 15.2 Å². The van der Waals surface area contributed by atoms with Crippen molar-refractivity contribution in [3.05, 3.63) is 66.5 Å². The Hall–Kier alpha value is -2.55. The number of hydrogen-bond donors (Lipinski definition) is 0. The van der Waals surface area contributed by atoms with Gasteiger partial charge in [-0.15, -0.1) is 10.2 Å². The van der Waals surface area contributed by atoms with Gasteiger partial charge in [0, 0.05) is 23.5 Å². The van der Waals surface area contributed by atoms with Crippen molar-refractivity contribution < 1.29 is 0 Å². The highest BCUT2D eigenvalue weighted by Crippen LogP contribution is 2.20. The SMILES string of the molecule is Cc1ccc(-c2ccc(-c3cccnc3)nn2)cc1. The highest BCUT2D eigenvalue weighted by molar-refractivity contribution is 5.63. The van der Waals surface area contributed by atoms with Crippen LogP contribution >= 0.6 is 0 Å². The van der Waals surface area contributed by atoms with Crippen molar-refractivity contribution in [3.8, 4) is 22.5 Å². The maximum absolute atomic E-state index is 4.28. The van der Waals surface area contributed by atoms with Crippen molar-refractivity contribution in [1.29, 1.82) is 0 Å². The summed E-state index contributed by atoms with van der Waals surface area (Å²) >= 11 is 0. The molecule has 2 aromatic heterocycles. The Morgan fingerprint density at radius 3 is 2.00 bits per heavy atom. The van der Waals surface area contributed by atoms with Crippen LogP contribution < -0.4 is 0 Å². The summed E-state index contributed by atoms with van der Waals surface area (Å²) in [6.45, 7) is 2.07. The van der Waals surface area contributed by atoms with E-state index in [2.05, 4.69) is 46.4 Å². The molecule has 0 radical (unpaired) electrons. The van der Waals surface area contributed by atoms with Gasteiger partial charge in [-0.05, 0) is 31.2 Å². The molecule has 0 aliphatic heterocycles. The van der Waals surface area contributed by atoms with E-state index in [1.807, 2.05) is 24.3 Å². The Bertz CT molecular complexity index is 659. The molecule has 0 aliphatic carbocycles. The third-order valence-corrected chi connectivity index (χ3v) is 2.97. The van der Waals surface area contributed by atoms with Crippen molar-refractivity contribution in [3.63, 3.8) is 0 Å². The third-order valence-electron chi connectivity index (χ3n) is 2.97. The summed E-state index contributed by atoms with van der Waals surface area (Å²) in [5.74, 6) is 0. The lowest BCUT2D eigenvalue weighted by atomic mass is 10.1. The molecule has 0 aliphatic rings. The molecular formula is C16H13N3. The van der Waals surface area contributed by atoms with Crippen molar-refractivity contribution in [2.45, 2.75) is 6.92 Å². The molecule has 0 N–H and O–H groups in total. The van der Waals surface area contributed by atoms with Crippen LogP contribution in [0.5, 0.6) is 0 Å². The van der Waals surface area contributed by atoms with E-state index in [-0.39, 0.29) is 0 Å². The Balaban J connectivity index is 1.93. The second-order valence-electron chi connectivity index (χ2n) is 4.41. The number of aryl methyl sites for hydroxylation is 1. The van der Waals surface area contributed by atoms with Crippen molar-refractivity contribution in [2.24, 2.45) is 0 Å². The van der Waals surface area contributed by atoms with E-state index < -0.39 is 0 Å². The minimum atomic E-state index is 0.837. The second-order valence-corrected chi connectivity index (χ2v) is 4.41. The van der Waals surface area contributed by atoms with Gasteiger partial charge in [0.1, 0.15) is 0 Å². The number of benzene rings is 1. The summed E-state index contributed by atoms with van der Waals surface area (Å²) in [6, 6.07) is 16.1. The van der Waals surface area contributed by atoms with E-state index >= 15 is 0 Å². The molecule has 0 bridgehead atoms. The number of aromatic nitrogens is 3. The number of pyridine rings is 1. The van der Waals surface area contributed by atoms with Crippen LogP contribution in [0.25, 0.3) is 22.5 Å². The molecule has 0 saturated heterocycles. The standard InChI is InChI=1S/C16H13N3/c1-12-4-6-13(7-5-12)15-8-9-16(19-18-15)14-3-2-10-17-11-14/h2-11H,1H3. The molecule has 3 aromatic rings. The first kappa shape index (κ1) is 11.5. The lowest BCUT2D eigenvalue weighted by Gasteiger charge is -2.02. The summed E-state index contributed by atoms with van der Waals surface area (Å²) in [5, 5.41) is 8.53. The van der Waals surface area contributed by atoms with Gasteiger partial charge in [0.25, 0.3) is 0 Å². The zero-order valence-electron chi connectivity index (χ0n) is 10.6. The first-order valence-corrected chi connectivity index (χ1v) is 6.14. The fourth-order valence-corrected chi connectivity index (χ4v) is 1.88. The van der Waals surface area contributed by atoms with Crippen LogP contribution in [-0.2, 0) is 0 Å². The third kappa shape index (κ3) is 2.50. The van der Waals surface area contributed by atoms with E-state index in [9.17, 15) is 0 Å². The Kier molecular flexibility index (Phi) is 3.02. The zero-order chi connectivity index (χ0) is 13.1. The monoisotopic (exact) mass is 247 g/mol. The summed E-state index contributed by atoms with van der Waals surface area (Å²) in [5.41, 5.74) is 5.02. The van der Waals surface area contributed by atoms with Gasteiger partial charge in [0.15, 0.2) is 0 Å². The van der Waals surface area contributed by atoms with E-state index in [4.69, 9.17) is 0 Å². The van der Waals surface area contributed by atoms with E-state index in [0.717, 1.165) is 22.5 Å². The van der Waals surface area contributed by atoms with Crippen LogP contribution in [0, 0.1) is 6.92 Å². The Morgan fingerprint density at radius 2 is 1.42 bits per heavy atom. The fourth-order valence-electron chi connectivity index (χ4n) is 1.88. The second kappa shape index (κ2) is 4.98. The fraction of sp³-hybridized carbons (Fsp3) is 0.0625. The van der Waals surface area contributed by atoms with Gasteiger partial charge in [-0.3, -0.25) is 4.98 Å². The Morgan fingerprint density at radius 1 is 0.737 bits per heavy atom. The number of nitrogens with zero attached hydrogens (tertiary/aromatic N) is 3. The molecule has 0 amide bonds. The molecule has 0 fully saturated rings. The molecule has 0 spiro atoms. The van der Waals surface area contributed by atoms with Gasteiger partial charge in [-0.25, -0.2) is 0 Å². The first-order chi connectivity index (χ1) is 9.33. The van der Waals surface area contributed by atoms with Gasteiger partial charge in [-0.2, -0.15) is 0 Å². The smallest absolute Gasteiger partial charge is 0.0945 e. The molecule has 3 heteroatoms. The molecule has 3 rings (SSSR count). The Labute approximate surface area is 112 Å². The molecule has 1 aromatic carbocycles. The van der Waals surface area contributed by atoms with Crippen LogP contribution in [0.1, 0.15) is 5.56 Å². The van der Waals surface area contributed by atoms with Crippen molar-refractivity contribution in [2.75, 3.05) is 0 Å². The molecule has 0 atom stereocenters. The maximum Gasteiger partial charge on any atom is 0.0945 e. The topological polar surface area (TPSA) is 38.7 Å². The predicted molar refractivity (Wildman–Crippen MR) is 75.4 cm³/mol. The molecule has 0 unspecified atom stereocenters. The highest BCUT2D eigenvalue weighted by atomic mass is 15.1. The van der Waals surface area contributed by atoms with Crippen molar-refractivity contribution >= 4 is 0 Å². The molecule has 3 nitrogen and oxygen atoms in total. The molecule has 0 saturated carbocycles. The van der Waals surface area contributed by atoms with Gasteiger partial charge in [-0.1, -0.05) is 29.8 Å². The van der Waals surface area contributed by atoms with Gasteiger partial charge < -0.3 is 0 Å². The van der Waals surface area contributed by atoms with E-state index in [1.165, 1.54) is 5.56 Å². The lowest BCUT2D eigenvalue weighted by molar-refractivity contribution is 1.04. The first-order valence-electron chi connectivity index (χ1n) is 6.14. The van der Waals surface area contributed by atoms with Crippen LogP contribution in [0.4, 0.5) is 0 Å². The zero-order valence-corrected chi connectivity index (χ0v) is 10.6. The molecule has 2 heterocycles. The lowest BCUT2D eigenvalue weighted by Crippen LogP contribution is -1.91. The summed E-state index contributed by atoms with van der Waals surface area (Å²) < 4.78 is 0. The van der Waals surface area contributed by atoms with Gasteiger partial charge in [0.05, 0.1) is 11.4 Å². The predicted octanol–water partition coefficient (Wildman–Crippen LogP) is 3.51. The number of hydrogen-bond acceptors (Lipinski definition) is 3. The highest BCUT2D eigenvalue weighted by Gasteiger charge is 2.02. The van der Waals surface area contributed by atoms with E-state index in [0.29, 0.717) is 0 Å². The summed E-state index contributed by atoms with van der Waals surface area (Å²) in [7, 11) is 0.